The van der Waals surface area contributed by atoms with Crippen LogP contribution in [0.1, 0.15) is 25.5 Å². The third-order valence-corrected chi connectivity index (χ3v) is 5.43. The monoisotopic (exact) mass is 367 g/mol. The third-order valence-electron chi connectivity index (χ3n) is 5.43. The van der Waals surface area contributed by atoms with E-state index in [4.69, 9.17) is 4.99 Å². The van der Waals surface area contributed by atoms with E-state index < -0.39 is 0 Å². The number of benzene rings is 2. The van der Waals surface area contributed by atoms with Crippen LogP contribution in [0.25, 0.3) is 10.8 Å². The Bertz CT molecular complexity index is 767. The lowest BCUT2D eigenvalue weighted by molar-refractivity contribution is 0.119. The average Bonchev–Trinajstić information content (AvgIpc) is 2.68. The summed E-state index contributed by atoms with van der Waals surface area (Å²) in [5, 5.41) is 9.57. The first-order valence-corrected chi connectivity index (χ1v) is 9.99. The standard InChI is InChI=1S/C22H33N5/c1-5-23-22(24-15-19-16-26(3)13-14-27(19)4)25-17(2)20-12-8-10-18-9-6-7-11-21(18)20/h6-12,17,19H,5,13-16H2,1-4H3,(H2,23,24,25). The van der Waals surface area contributed by atoms with Gasteiger partial charge in [-0.3, -0.25) is 9.89 Å². The van der Waals surface area contributed by atoms with Crippen molar-refractivity contribution in [2.45, 2.75) is 25.9 Å². The quantitative estimate of drug-likeness (QED) is 0.630. The van der Waals surface area contributed by atoms with Crippen molar-refractivity contribution in [2.24, 2.45) is 4.99 Å². The van der Waals surface area contributed by atoms with Crippen LogP contribution >= 0.6 is 0 Å². The number of likely N-dealkylation sites (N-methyl/N-ethyl adjacent to an activating group) is 2. The van der Waals surface area contributed by atoms with Gasteiger partial charge in [0.25, 0.3) is 0 Å². The molecule has 1 aliphatic heterocycles. The largest absolute Gasteiger partial charge is 0.357 e. The Morgan fingerprint density at radius 3 is 2.74 bits per heavy atom. The number of guanidine groups is 1. The first-order valence-electron chi connectivity index (χ1n) is 9.99. The molecule has 2 aromatic carbocycles. The second-order valence-corrected chi connectivity index (χ2v) is 7.55. The number of nitrogens with one attached hydrogen (secondary N) is 2. The Morgan fingerprint density at radius 1 is 1.15 bits per heavy atom. The van der Waals surface area contributed by atoms with E-state index >= 15 is 0 Å². The van der Waals surface area contributed by atoms with Gasteiger partial charge >= 0.3 is 0 Å². The van der Waals surface area contributed by atoms with Gasteiger partial charge in [0.15, 0.2) is 5.96 Å². The predicted octanol–water partition coefficient (Wildman–Crippen LogP) is 2.70. The lowest BCUT2D eigenvalue weighted by atomic mass is 10.00. The highest BCUT2D eigenvalue weighted by atomic mass is 15.3. The molecular weight excluding hydrogens is 334 g/mol. The van der Waals surface area contributed by atoms with Crippen molar-refractivity contribution >= 4 is 16.7 Å². The highest BCUT2D eigenvalue weighted by Gasteiger charge is 2.22. The number of aliphatic imine (C=N–C) groups is 1. The number of hydrogen-bond donors (Lipinski definition) is 2. The highest BCUT2D eigenvalue weighted by molar-refractivity contribution is 5.87. The molecule has 0 aromatic heterocycles. The molecule has 2 unspecified atom stereocenters. The van der Waals surface area contributed by atoms with Gasteiger partial charge < -0.3 is 15.5 Å². The molecule has 1 heterocycles. The molecule has 5 heteroatoms. The summed E-state index contributed by atoms with van der Waals surface area (Å²) < 4.78 is 0. The average molecular weight is 368 g/mol. The molecule has 3 rings (SSSR count). The smallest absolute Gasteiger partial charge is 0.191 e. The van der Waals surface area contributed by atoms with Crippen molar-refractivity contribution < 1.29 is 0 Å². The summed E-state index contributed by atoms with van der Waals surface area (Å²) >= 11 is 0. The molecule has 1 aliphatic rings. The predicted molar refractivity (Wildman–Crippen MR) is 115 cm³/mol. The topological polar surface area (TPSA) is 42.9 Å². The first-order chi connectivity index (χ1) is 13.1. The summed E-state index contributed by atoms with van der Waals surface area (Å²) in [5.74, 6) is 0.888. The van der Waals surface area contributed by atoms with Crippen molar-refractivity contribution in [3.05, 3.63) is 48.0 Å². The second kappa shape index (κ2) is 9.20. The third kappa shape index (κ3) is 4.99. The zero-order chi connectivity index (χ0) is 19.2. The van der Waals surface area contributed by atoms with E-state index in [1.54, 1.807) is 0 Å². The van der Waals surface area contributed by atoms with Gasteiger partial charge in [0.2, 0.25) is 0 Å². The zero-order valence-electron chi connectivity index (χ0n) is 17.1. The number of piperazine rings is 1. The molecule has 0 amide bonds. The molecule has 2 atom stereocenters. The molecule has 1 fully saturated rings. The molecule has 0 bridgehead atoms. The van der Waals surface area contributed by atoms with Crippen LogP contribution in [0.4, 0.5) is 0 Å². The SMILES string of the molecule is CCNC(=NCC1CN(C)CCN1C)NC(C)c1cccc2ccccc12. The molecule has 0 radical (unpaired) electrons. The van der Waals surface area contributed by atoms with Gasteiger partial charge in [0, 0.05) is 32.2 Å². The number of fused-ring (bicyclic) bond motifs is 1. The Hall–Kier alpha value is -2.11. The van der Waals surface area contributed by atoms with E-state index in [0.29, 0.717) is 6.04 Å². The molecular formula is C22H33N5. The second-order valence-electron chi connectivity index (χ2n) is 7.55. The fraction of sp³-hybridized carbons (Fsp3) is 0.500. The molecule has 0 saturated carbocycles. The lowest BCUT2D eigenvalue weighted by Crippen LogP contribution is -2.51. The maximum absolute atomic E-state index is 4.89. The Balaban J connectivity index is 1.73. The molecule has 2 N–H and O–H groups in total. The van der Waals surface area contributed by atoms with E-state index in [-0.39, 0.29) is 6.04 Å². The Kier molecular flexibility index (Phi) is 6.69. The van der Waals surface area contributed by atoms with Crippen LogP contribution in [0.2, 0.25) is 0 Å². The minimum atomic E-state index is 0.181. The molecule has 0 spiro atoms. The van der Waals surface area contributed by atoms with Crippen LogP contribution in [0.15, 0.2) is 47.5 Å². The lowest BCUT2D eigenvalue weighted by Gasteiger charge is -2.37. The number of nitrogens with zero attached hydrogens (tertiary/aromatic N) is 3. The van der Waals surface area contributed by atoms with Gasteiger partial charge in [0.1, 0.15) is 0 Å². The van der Waals surface area contributed by atoms with Crippen LogP contribution in [0.5, 0.6) is 0 Å². The summed E-state index contributed by atoms with van der Waals surface area (Å²) in [6, 6.07) is 15.7. The minimum absolute atomic E-state index is 0.181. The molecule has 1 saturated heterocycles. The normalized spacial score (nSPS) is 20.6. The van der Waals surface area contributed by atoms with Crippen molar-refractivity contribution in [3.8, 4) is 0 Å². The zero-order valence-corrected chi connectivity index (χ0v) is 17.1. The van der Waals surface area contributed by atoms with Gasteiger partial charge in [-0.25, -0.2) is 0 Å². The van der Waals surface area contributed by atoms with Gasteiger partial charge in [-0.1, -0.05) is 42.5 Å². The number of rotatable bonds is 5. The van der Waals surface area contributed by atoms with E-state index in [1.807, 2.05) is 0 Å². The fourth-order valence-corrected chi connectivity index (χ4v) is 3.73. The summed E-state index contributed by atoms with van der Waals surface area (Å²) in [4.78, 5) is 9.70. The van der Waals surface area contributed by atoms with Crippen LogP contribution in [0.3, 0.4) is 0 Å². The van der Waals surface area contributed by atoms with Crippen molar-refractivity contribution in [1.29, 1.82) is 0 Å². The van der Waals surface area contributed by atoms with Gasteiger partial charge in [0.05, 0.1) is 12.6 Å². The minimum Gasteiger partial charge on any atom is -0.357 e. The maximum atomic E-state index is 4.89. The fourth-order valence-electron chi connectivity index (χ4n) is 3.73. The van der Waals surface area contributed by atoms with E-state index in [1.165, 1.54) is 16.3 Å². The van der Waals surface area contributed by atoms with Crippen LogP contribution in [0, 0.1) is 0 Å². The van der Waals surface area contributed by atoms with Gasteiger partial charge in [-0.05, 0) is 44.3 Å². The highest BCUT2D eigenvalue weighted by Crippen LogP contribution is 2.23. The van der Waals surface area contributed by atoms with Gasteiger partial charge in [-0.15, -0.1) is 0 Å². The summed E-state index contributed by atoms with van der Waals surface area (Å²) in [7, 11) is 4.39. The maximum Gasteiger partial charge on any atom is 0.191 e. The Morgan fingerprint density at radius 2 is 1.93 bits per heavy atom. The molecule has 146 valence electrons. The van der Waals surface area contributed by atoms with Crippen molar-refractivity contribution in [3.63, 3.8) is 0 Å². The van der Waals surface area contributed by atoms with Crippen LogP contribution in [-0.2, 0) is 0 Å². The van der Waals surface area contributed by atoms with Crippen molar-refractivity contribution in [1.82, 2.24) is 20.4 Å². The van der Waals surface area contributed by atoms with E-state index in [9.17, 15) is 0 Å². The van der Waals surface area contributed by atoms with Gasteiger partial charge in [-0.2, -0.15) is 0 Å². The first kappa shape index (κ1) is 19.6. The van der Waals surface area contributed by atoms with Crippen LogP contribution < -0.4 is 10.6 Å². The molecule has 0 aliphatic carbocycles. The van der Waals surface area contributed by atoms with Crippen LogP contribution in [-0.4, -0.2) is 68.6 Å². The summed E-state index contributed by atoms with van der Waals surface area (Å²) in [6.07, 6.45) is 0. The summed E-state index contributed by atoms with van der Waals surface area (Å²) in [5.41, 5.74) is 1.30. The Labute approximate surface area is 163 Å². The van der Waals surface area contributed by atoms with E-state index in [2.05, 4.69) is 90.8 Å². The molecule has 2 aromatic rings. The van der Waals surface area contributed by atoms with Crippen molar-refractivity contribution in [2.75, 3.05) is 46.8 Å². The molecule has 5 nitrogen and oxygen atoms in total. The summed E-state index contributed by atoms with van der Waals surface area (Å²) in [6.45, 7) is 9.28. The molecule has 27 heavy (non-hydrogen) atoms. The number of hydrogen-bond acceptors (Lipinski definition) is 3. The van der Waals surface area contributed by atoms with E-state index in [0.717, 1.165) is 38.7 Å².